The summed E-state index contributed by atoms with van der Waals surface area (Å²) in [4.78, 5) is 19.8. The van der Waals surface area contributed by atoms with E-state index in [1.165, 1.54) is 11.3 Å². The SMILES string of the molecule is O=C([C@H]1COc2ccccc2O1)N(c1ccc(Cl)cc1)c1nc2ccccc2s1. The molecule has 0 bridgehead atoms. The maximum Gasteiger partial charge on any atom is 0.278 e. The minimum absolute atomic E-state index is 0.130. The van der Waals surface area contributed by atoms with Crippen LogP contribution in [0.3, 0.4) is 0 Å². The molecule has 5 rings (SSSR count). The highest BCUT2D eigenvalue weighted by Crippen LogP contribution is 2.36. The topological polar surface area (TPSA) is 51.7 Å². The van der Waals surface area contributed by atoms with Gasteiger partial charge in [-0.2, -0.15) is 0 Å². The molecule has 0 saturated heterocycles. The summed E-state index contributed by atoms with van der Waals surface area (Å²) >= 11 is 7.50. The highest BCUT2D eigenvalue weighted by molar-refractivity contribution is 7.22. The Hall–Kier alpha value is -3.09. The van der Waals surface area contributed by atoms with Crippen LogP contribution in [0.2, 0.25) is 5.02 Å². The first-order chi connectivity index (χ1) is 14.2. The van der Waals surface area contributed by atoms with Crippen molar-refractivity contribution >= 4 is 49.9 Å². The first-order valence-corrected chi connectivity index (χ1v) is 10.2. The Morgan fingerprint density at radius 2 is 1.72 bits per heavy atom. The molecule has 1 aliphatic heterocycles. The number of fused-ring (bicyclic) bond motifs is 2. The van der Waals surface area contributed by atoms with Crippen LogP contribution >= 0.6 is 22.9 Å². The van der Waals surface area contributed by atoms with E-state index in [0.29, 0.717) is 27.3 Å². The van der Waals surface area contributed by atoms with E-state index in [4.69, 9.17) is 21.1 Å². The first kappa shape index (κ1) is 18.0. The molecule has 2 heterocycles. The second kappa shape index (κ2) is 7.39. The van der Waals surface area contributed by atoms with E-state index in [1.807, 2.05) is 42.5 Å². The molecule has 3 aromatic carbocycles. The van der Waals surface area contributed by atoms with Gasteiger partial charge in [-0.3, -0.25) is 9.69 Å². The number of anilines is 2. The Kier molecular flexibility index (Phi) is 4.58. The van der Waals surface area contributed by atoms with Crippen molar-refractivity contribution in [2.75, 3.05) is 11.5 Å². The van der Waals surface area contributed by atoms with Gasteiger partial charge in [0.15, 0.2) is 16.6 Å². The summed E-state index contributed by atoms with van der Waals surface area (Å²) in [5.41, 5.74) is 1.51. The maximum atomic E-state index is 13.5. The molecule has 1 aliphatic rings. The van der Waals surface area contributed by atoms with Gasteiger partial charge in [0.05, 0.1) is 15.9 Å². The molecule has 5 nitrogen and oxygen atoms in total. The Morgan fingerprint density at radius 3 is 2.52 bits per heavy atom. The van der Waals surface area contributed by atoms with Crippen LogP contribution in [-0.2, 0) is 4.79 Å². The van der Waals surface area contributed by atoms with E-state index in [1.54, 1.807) is 35.2 Å². The van der Waals surface area contributed by atoms with Crippen molar-refractivity contribution in [2.45, 2.75) is 6.10 Å². The number of carbonyl (C=O) groups excluding carboxylic acids is 1. The van der Waals surface area contributed by atoms with Crippen molar-refractivity contribution in [1.82, 2.24) is 4.98 Å². The number of hydrogen-bond acceptors (Lipinski definition) is 5. The summed E-state index contributed by atoms with van der Waals surface area (Å²) in [6, 6.07) is 22.2. The van der Waals surface area contributed by atoms with Crippen molar-refractivity contribution in [2.24, 2.45) is 0 Å². The van der Waals surface area contributed by atoms with Crippen molar-refractivity contribution < 1.29 is 14.3 Å². The number of carbonyl (C=O) groups is 1. The third kappa shape index (κ3) is 3.41. The number of benzene rings is 3. The minimum Gasteiger partial charge on any atom is -0.485 e. The number of rotatable bonds is 3. The van der Waals surface area contributed by atoms with Gasteiger partial charge in [0.25, 0.3) is 5.91 Å². The third-order valence-corrected chi connectivity index (χ3v) is 5.84. The smallest absolute Gasteiger partial charge is 0.278 e. The maximum absolute atomic E-state index is 13.5. The fraction of sp³-hybridized carbons (Fsp3) is 0.0909. The predicted molar refractivity (Wildman–Crippen MR) is 115 cm³/mol. The number of ether oxygens (including phenoxy) is 2. The van der Waals surface area contributed by atoms with Gasteiger partial charge in [-0.15, -0.1) is 0 Å². The Bertz CT molecular complexity index is 1160. The van der Waals surface area contributed by atoms with Gasteiger partial charge in [-0.05, 0) is 48.5 Å². The summed E-state index contributed by atoms with van der Waals surface area (Å²) < 4.78 is 12.7. The fourth-order valence-electron chi connectivity index (χ4n) is 3.16. The molecule has 0 aliphatic carbocycles. The van der Waals surface area contributed by atoms with Crippen LogP contribution in [0.1, 0.15) is 0 Å². The van der Waals surface area contributed by atoms with E-state index in [-0.39, 0.29) is 12.5 Å². The summed E-state index contributed by atoms with van der Waals surface area (Å²) in [5.74, 6) is 0.938. The standard InChI is InChI=1S/C22H15ClN2O3S/c23-14-9-11-15(12-10-14)25(22-24-16-5-1-4-8-20(16)29-22)21(26)19-13-27-17-6-2-3-7-18(17)28-19/h1-12,19H,13H2/t19-/m1/s1. The Labute approximate surface area is 176 Å². The predicted octanol–water partition coefficient (Wildman–Crippen LogP) is 5.45. The number of hydrogen-bond donors (Lipinski definition) is 0. The van der Waals surface area contributed by atoms with Crippen LogP contribution < -0.4 is 14.4 Å². The number of para-hydroxylation sites is 3. The lowest BCUT2D eigenvalue weighted by molar-refractivity contribution is -0.126. The van der Waals surface area contributed by atoms with E-state index in [0.717, 1.165) is 10.2 Å². The van der Waals surface area contributed by atoms with Crippen molar-refractivity contribution in [3.63, 3.8) is 0 Å². The van der Waals surface area contributed by atoms with Gasteiger partial charge in [-0.25, -0.2) is 4.98 Å². The normalized spacial score (nSPS) is 15.3. The molecule has 7 heteroatoms. The van der Waals surface area contributed by atoms with E-state index < -0.39 is 6.10 Å². The quantitative estimate of drug-likeness (QED) is 0.440. The van der Waals surface area contributed by atoms with E-state index >= 15 is 0 Å². The second-order valence-electron chi connectivity index (χ2n) is 6.48. The molecule has 0 fully saturated rings. The Morgan fingerprint density at radius 1 is 1.00 bits per heavy atom. The number of thiazole rings is 1. The monoisotopic (exact) mass is 422 g/mol. The molecule has 1 atom stereocenters. The third-order valence-electron chi connectivity index (χ3n) is 4.56. The van der Waals surface area contributed by atoms with E-state index in [9.17, 15) is 4.79 Å². The van der Waals surface area contributed by atoms with Crippen molar-refractivity contribution in [3.8, 4) is 11.5 Å². The molecule has 0 spiro atoms. The van der Waals surface area contributed by atoms with Crippen LogP contribution in [-0.4, -0.2) is 23.6 Å². The van der Waals surface area contributed by atoms with Crippen LogP contribution in [0.4, 0.5) is 10.8 Å². The molecule has 4 aromatic rings. The largest absolute Gasteiger partial charge is 0.485 e. The Balaban J connectivity index is 1.55. The lowest BCUT2D eigenvalue weighted by atomic mass is 10.2. The van der Waals surface area contributed by atoms with Gasteiger partial charge in [0, 0.05) is 5.02 Å². The number of amides is 1. The highest BCUT2D eigenvalue weighted by Gasteiger charge is 2.34. The summed E-state index contributed by atoms with van der Waals surface area (Å²) in [7, 11) is 0. The average Bonchev–Trinajstić information content (AvgIpc) is 3.18. The zero-order valence-corrected chi connectivity index (χ0v) is 16.7. The van der Waals surface area contributed by atoms with E-state index in [2.05, 4.69) is 4.98 Å². The molecule has 0 unspecified atom stereocenters. The molecule has 29 heavy (non-hydrogen) atoms. The molecule has 0 saturated carbocycles. The zero-order chi connectivity index (χ0) is 19.8. The molecule has 0 N–H and O–H groups in total. The molecule has 1 aromatic heterocycles. The van der Waals surface area contributed by atoms with Crippen LogP contribution in [0.5, 0.6) is 11.5 Å². The first-order valence-electron chi connectivity index (χ1n) is 9.03. The molecule has 144 valence electrons. The van der Waals surface area contributed by atoms with Gasteiger partial charge >= 0.3 is 0 Å². The zero-order valence-electron chi connectivity index (χ0n) is 15.1. The average molecular weight is 423 g/mol. The van der Waals surface area contributed by atoms with Crippen LogP contribution in [0.25, 0.3) is 10.2 Å². The van der Waals surface area contributed by atoms with Crippen molar-refractivity contribution in [1.29, 1.82) is 0 Å². The minimum atomic E-state index is -0.785. The second-order valence-corrected chi connectivity index (χ2v) is 7.92. The van der Waals surface area contributed by atoms with Gasteiger partial charge in [0.2, 0.25) is 6.10 Å². The van der Waals surface area contributed by atoms with Crippen LogP contribution in [0.15, 0.2) is 72.8 Å². The summed E-state index contributed by atoms with van der Waals surface area (Å²) in [6.07, 6.45) is -0.785. The molecular weight excluding hydrogens is 408 g/mol. The molecule has 1 amide bonds. The van der Waals surface area contributed by atoms with Crippen molar-refractivity contribution in [3.05, 3.63) is 77.8 Å². The van der Waals surface area contributed by atoms with Gasteiger partial charge in [-0.1, -0.05) is 47.2 Å². The van der Waals surface area contributed by atoms with Gasteiger partial charge in [0.1, 0.15) is 6.61 Å². The number of aromatic nitrogens is 1. The van der Waals surface area contributed by atoms with Gasteiger partial charge < -0.3 is 9.47 Å². The lowest BCUT2D eigenvalue weighted by Gasteiger charge is -2.29. The molecule has 0 radical (unpaired) electrons. The fourth-order valence-corrected chi connectivity index (χ4v) is 4.28. The molecular formula is C22H15ClN2O3S. The lowest BCUT2D eigenvalue weighted by Crippen LogP contribution is -2.44. The van der Waals surface area contributed by atoms with Crippen LogP contribution in [0, 0.1) is 0 Å². The highest BCUT2D eigenvalue weighted by atomic mass is 35.5. The summed E-state index contributed by atoms with van der Waals surface area (Å²) in [5, 5.41) is 1.16. The number of halogens is 1. The number of nitrogens with zero attached hydrogens (tertiary/aromatic N) is 2. The summed E-state index contributed by atoms with van der Waals surface area (Å²) in [6.45, 7) is 0.130.